The van der Waals surface area contributed by atoms with Crippen molar-refractivity contribution in [3.05, 3.63) is 65.7 Å². The van der Waals surface area contributed by atoms with Crippen molar-refractivity contribution >= 4 is 0 Å². The number of aromatic nitrogens is 4. The van der Waals surface area contributed by atoms with Gasteiger partial charge in [0.15, 0.2) is 6.23 Å². The van der Waals surface area contributed by atoms with Crippen LogP contribution in [0.3, 0.4) is 0 Å². The number of nitrogens with one attached hydrogen (secondary N) is 2. The average molecular weight is 486 g/mol. The maximum atomic E-state index is 11.6. The van der Waals surface area contributed by atoms with E-state index < -0.39 is 72.1 Å². The molecular weight excluding hydrogens is 460 g/mol. The van der Waals surface area contributed by atoms with Crippen LogP contribution in [0.4, 0.5) is 0 Å². The molecule has 0 radical (unpaired) electrons. The molecule has 0 aromatic carbocycles. The minimum atomic E-state index is -1.35. The Kier molecular flexibility index (Phi) is 7.98. The van der Waals surface area contributed by atoms with Gasteiger partial charge in [0.2, 0.25) is 0 Å². The fourth-order valence-electron chi connectivity index (χ4n) is 3.59. The lowest BCUT2D eigenvalue weighted by atomic mass is 10.1. The summed E-state index contributed by atoms with van der Waals surface area (Å²) in [7, 11) is 0. The molecule has 0 unspecified atom stereocenters. The summed E-state index contributed by atoms with van der Waals surface area (Å²) in [6, 6.07) is 1.09. The van der Waals surface area contributed by atoms with E-state index in [9.17, 15) is 34.5 Å². The van der Waals surface area contributed by atoms with Gasteiger partial charge in [-0.05, 0) is 6.92 Å². The lowest BCUT2D eigenvalue weighted by Gasteiger charge is -2.16. The summed E-state index contributed by atoms with van der Waals surface area (Å²) in [5, 5.41) is 46.6. The van der Waals surface area contributed by atoms with E-state index in [0.717, 1.165) is 16.8 Å². The third kappa shape index (κ3) is 5.25. The van der Waals surface area contributed by atoms with E-state index >= 15 is 0 Å². The number of aliphatic hydroxyl groups is 5. The van der Waals surface area contributed by atoms with Gasteiger partial charge >= 0.3 is 11.4 Å². The first-order chi connectivity index (χ1) is 16.1. The van der Waals surface area contributed by atoms with Gasteiger partial charge in [-0.1, -0.05) is 0 Å². The minimum absolute atomic E-state index is 0.205. The second-order valence-corrected chi connectivity index (χ2v) is 7.84. The molecule has 0 aliphatic carbocycles. The highest BCUT2D eigenvalue weighted by Gasteiger charge is 2.43. The molecule has 34 heavy (non-hydrogen) atoms. The topological polar surface area (TPSA) is 229 Å². The van der Waals surface area contributed by atoms with Crippen LogP contribution in [0.5, 0.6) is 0 Å². The molecule has 2 fully saturated rings. The van der Waals surface area contributed by atoms with Gasteiger partial charge in [0.05, 0.1) is 19.3 Å². The summed E-state index contributed by atoms with van der Waals surface area (Å²) >= 11 is 0. The van der Waals surface area contributed by atoms with Crippen LogP contribution in [0.15, 0.2) is 37.6 Å². The molecule has 2 aliphatic heterocycles. The normalized spacial score (nSPS) is 30.7. The number of ether oxygens (including phenoxy) is 2. The van der Waals surface area contributed by atoms with E-state index in [0.29, 0.717) is 5.56 Å². The van der Waals surface area contributed by atoms with Gasteiger partial charge in [-0.15, -0.1) is 0 Å². The maximum Gasteiger partial charge on any atom is 0.330 e. The van der Waals surface area contributed by atoms with Crippen LogP contribution >= 0.6 is 0 Å². The standard InChI is InChI=1S/C10H14N2O5.C9H12N2O6/c1-5-3-12(10(16)11-9(5)15)8-2-6(14)7(4-13)17-8;12-3-4-6(14)7(15)8(17-4)11-2-1-5(13)10-9(11)16/h3,6-8,13-14H,2,4H2,1H3,(H,11,15,16);1-2,4,6-8,12,14-15H,3H2,(H,10,13,16)/t6-,7+,8+;4-,6-,7-,8-/m01/s1. The Bertz CT molecular complexity index is 1220. The summed E-state index contributed by atoms with van der Waals surface area (Å²) in [5.41, 5.74) is -1.97. The lowest BCUT2D eigenvalue weighted by molar-refractivity contribution is -0.0550. The fourth-order valence-corrected chi connectivity index (χ4v) is 3.59. The van der Waals surface area contributed by atoms with Crippen molar-refractivity contribution in [3.8, 4) is 0 Å². The summed E-state index contributed by atoms with van der Waals surface area (Å²) in [5.74, 6) is 0. The van der Waals surface area contributed by atoms with Crippen LogP contribution in [0.25, 0.3) is 0 Å². The molecule has 2 saturated heterocycles. The third-order valence-corrected chi connectivity index (χ3v) is 5.48. The summed E-state index contributed by atoms with van der Waals surface area (Å²) in [4.78, 5) is 49.2. The third-order valence-electron chi connectivity index (χ3n) is 5.48. The highest BCUT2D eigenvalue weighted by atomic mass is 16.6. The first kappa shape index (κ1) is 25.7. The zero-order chi connectivity index (χ0) is 25.2. The van der Waals surface area contributed by atoms with Crippen LogP contribution in [0.1, 0.15) is 24.4 Å². The predicted octanol–water partition coefficient (Wildman–Crippen LogP) is -4.37. The van der Waals surface area contributed by atoms with E-state index in [1.165, 1.54) is 10.8 Å². The van der Waals surface area contributed by atoms with E-state index in [-0.39, 0.29) is 13.0 Å². The van der Waals surface area contributed by atoms with Gasteiger partial charge in [0, 0.05) is 30.4 Å². The van der Waals surface area contributed by atoms with Gasteiger partial charge in [-0.2, -0.15) is 0 Å². The van der Waals surface area contributed by atoms with Gasteiger partial charge in [-0.25, -0.2) is 9.59 Å². The van der Waals surface area contributed by atoms with Crippen LogP contribution in [-0.4, -0.2) is 88.4 Å². The summed E-state index contributed by atoms with van der Waals surface area (Å²) in [6.07, 6.45) is -4.16. The number of hydrogen-bond donors (Lipinski definition) is 7. The highest BCUT2D eigenvalue weighted by molar-refractivity contribution is 5.02. The molecule has 188 valence electrons. The molecule has 15 heteroatoms. The molecule has 0 bridgehead atoms. The molecule has 2 aromatic heterocycles. The van der Waals surface area contributed by atoms with Crippen molar-refractivity contribution in [3.63, 3.8) is 0 Å². The zero-order valence-electron chi connectivity index (χ0n) is 18.0. The van der Waals surface area contributed by atoms with Gasteiger partial charge in [0.25, 0.3) is 11.1 Å². The number of aliphatic hydroxyl groups excluding tert-OH is 5. The molecule has 0 amide bonds. The van der Waals surface area contributed by atoms with Crippen LogP contribution < -0.4 is 22.5 Å². The van der Waals surface area contributed by atoms with Gasteiger partial charge in [-0.3, -0.25) is 28.7 Å². The number of hydrogen-bond acceptors (Lipinski definition) is 11. The molecule has 7 atom stereocenters. The first-order valence-corrected chi connectivity index (χ1v) is 10.3. The van der Waals surface area contributed by atoms with Crippen molar-refractivity contribution in [2.75, 3.05) is 13.2 Å². The van der Waals surface area contributed by atoms with E-state index in [1.54, 1.807) is 6.92 Å². The Hall–Kier alpha value is -2.92. The molecule has 2 aliphatic rings. The molecule has 0 saturated carbocycles. The molecule has 2 aromatic rings. The Morgan fingerprint density at radius 1 is 0.941 bits per heavy atom. The lowest BCUT2D eigenvalue weighted by Crippen LogP contribution is -2.37. The number of aryl methyl sites for hydroxylation is 1. The van der Waals surface area contributed by atoms with Crippen molar-refractivity contribution in [2.45, 2.75) is 56.3 Å². The average Bonchev–Trinajstić information content (AvgIpc) is 3.30. The fraction of sp³-hybridized carbons (Fsp3) is 0.579. The van der Waals surface area contributed by atoms with Crippen LogP contribution in [0, 0.1) is 6.92 Å². The van der Waals surface area contributed by atoms with Crippen LogP contribution in [-0.2, 0) is 9.47 Å². The predicted molar refractivity (Wildman–Crippen MR) is 112 cm³/mol. The number of nitrogens with zero attached hydrogens (tertiary/aromatic N) is 2. The van der Waals surface area contributed by atoms with E-state index in [1.807, 2.05) is 4.98 Å². The Balaban J connectivity index is 0.000000191. The Morgan fingerprint density at radius 3 is 2.15 bits per heavy atom. The first-order valence-electron chi connectivity index (χ1n) is 10.3. The summed E-state index contributed by atoms with van der Waals surface area (Å²) in [6.45, 7) is 0.783. The molecule has 7 N–H and O–H groups in total. The number of rotatable bonds is 4. The molecular formula is C19H26N4O11. The second kappa shape index (κ2) is 10.6. The molecule has 15 nitrogen and oxygen atoms in total. The monoisotopic (exact) mass is 486 g/mol. The maximum absolute atomic E-state index is 11.6. The summed E-state index contributed by atoms with van der Waals surface area (Å²) < 4.78 is 12.6. The van der Waals surface area contributed by atoms with Gasteiger partial charge < -0.3 is 35.0 Å². The SMILES string of the molecule is Cc1cn([C@H]2C[C@H](O)[C@@H](CO)O2)c(=O)[nH]c1=O.O=c1ccn([C@@H]2O[C@H](CO)[C@@H](O)[C@H]2O)c(=O)[nH]1. The quantitative estimate of drug-likeness (QED) is 0.218. The Morgan fingerprint density at radius 2 is 1.59 bits per heavy atom. The van der Waals surface area contributed by atoms with Crippen molar-refractivity contribution < 1.29 is 35.0 Å². The van der Waals surface area contributed by atoms with E-state index in [4.69, 9.17) is 19.7 Å². The van der Waals surface area contributed by atoms with Crippen LogP contribution in [0.2, 0.25) is 0 Å². The number of H-pyrrole nitrogens is 2. The van der Waals surface area contributed by atoms with Crippen molar-refractivity contribution in [1.82, 2.24) is 19.1 Å². The van der Waals surface area contributed by atoms with Crippen molar-refractivity contribution in [2.24, 2.45) is 0 Å². The highest BCUT2D eigenvalue weighted by Crippen LogP contribution is 2.28. The van der Waals surface area contributed by atoms with E-state index in [2.05, 4.69) is 4.98 Å². The van der Waals surface area contributed by atoms with Gasteiger partial charge in [0.1, 0.15) is 30.6 Å². The minimum Gasteiger partial charge on any atom is -0.394 e. The molecule has 0 spiro atoms. The Labute approximate surface area is 190 Å². The largest absolute Gasteiger partial charge is 0.394 e. The second-order valence-electron chi connectivity index (χ2n) is 7.84. The molecule has 4 rings (SSSR count). The molecule has 4 heterocycles. The number of aromatic amines is 2. The van der Waals surface area contributed by atoms with Crippen molar-refractivity contribution in [1.29, 1.82) is 0 Å². The smallest absolute Gasteiger partial charge is 0.330 e. The zero-order valence-corrected chi connectivity index (χ0v) is 18.0.